The molecule has 1 aromatic carbocycles. The molecule has 7 heteroatoms. The lowest BCUT2D eigenvalue weighted by Crippen LogP contribution is -2.27. The van der Waals surface area contributed by atoms with Gasteiger partial charge in [-0.2, -0.15) is 0 Å². The molecule has 0 aliphatic carbocycles. The van der Waals surface area contributed by atoms with E-state index in [2.05, 4.69) is 22.1 Å². The third-order valence-corrected chi connectivity index (χ3v) is 6.59. The van der Waals surface area contributed by atoms with Crippen LogP contribution in [0.3, 0.4) is 0 Å². The number of ether oxygens (including phenoxy) is 1. The molecule has 5 rings (SSSR count). The zero-order chi connectivity index (χ0) is 21.5. The molecular weight excluding hydrogens is 398 g/mol. The zero-order valence-corrected chi connectivity index (χ0v) is 17.7. The number of pyridine rings is 2. The van der Waals surface area contributed by atoms with Crippen molar-refractivity contribution in [2.24, 2.45) is 5.92 Å². The van der Waals surface area contributed by atoms with Crippen LogP contribution in [0.15, 0.2) is 36.5 Å². The van der Waals surface area contributed by atoms with E-state index < -0.39 is 5.82 Å². The third-order valence-electron chi connectivity index (χ3n) is 6.59. The summed E-state index contributed by atoms with van der Waals surface area (Å²) < 4.78 is 35.1. The van der Waals surface area contributed by atoms with Gasteiger partial charge < -0.3 is 15.0 Å². The predicted octanol–water partition coefficient (Wildman–Crippen LogP) is 5.47. The molecule has 1 unspecified atom stereocenters. The Morgan fingerprint density at radius 1 is 1.13 bits per heavy atom. The first-order chi connectivity index (χ1) is 15.0. The molecule has 0 radical (unpaired) electrons. The van der Waals surface area contributed by atoms with Crippen molar-refractivity contribution >= 4 is 22.5 Å². The van der Waals surface area contributed by atoms with Crippen LogP contribution in [0.1, 0.15) is 44.7 Å². The van der Waals surface area contributed by atoms with Gasteiger partial charge >= 0.3 is 0 Å². The van der Waals surface area contributed by atoms with Crippen molar-refractivity contribution in [2.45, 2.75) is 45.2 Å². The molecule has 0 saturated carbocycles. The van der Waals surface area contributed by atoms with Crippen LogP contribution in [0.5, 0.6) is 5.75 Å². The summed E-state index contributed by atoms with van der Waals surface area (Å²) >= 11 is 0. The van der Waals surface area contributed by atoms with Gasteiger partial charge in [0.1, 0.15) is 28.6 Å². The molecule has 1 saturated heterocycles. The number of fused-ring (bicyclic) bond motifs is 5. The van der Waals surface area contributed by atoms with Crippen molar-refractivity contribution in [1.82, 2.24) is 9.97 Å². The minimum Gasteiger partial charge on any atom is -0.493 e. The SMILES string of the molecule is CC1CCOc2ccc(F)cc2[C@H]2CCCN2c2ccc3ncc(F)c(c3n2)N[C@@H]1C. The Bertz CT molecular complexity index is 1120. The number of halogens is 2. The summed E-state index contributed by atoms with van der Waals surface area (Å²) in [5, 5.41) is 3.33. The lowest BCUT2D eigenvalue weighted by atomic mass is 9.99. The highest BCUT2D eigenvalue weighted by atomic mass is 19.1. The molecular formula is C24H26F2N4O. The molecule has 4 heterocycles. The number of hydrogen-bond acceptors (Lipinski definition) is 5. The first kappa shape index (κ1) is 20.0. The lowest BCUT2D eigenvalue weighted by Gasteiger charge is -2.29. The summed E-state index contributed by atoms with van der Waals surface area (Å²) in [6.07, 6.45) is 3.86. The van der Waals surface area contributed by atoms with Crippen LogP contribution in [0.4, 0.5) is 20.3 Å². The number of benzene rings is 1. The van der Waals surface area contributed by atoms with Crippen LogP contribution in [0.25, 0.3) is 11.0 Å². The quantitative estimate of drug-likeness (QED) is 0.519. The molecule has 2 bridgehead atoms. The van der Waals surface area contributed by atoms with Crippen molar-refractivity contribution < 1.29 is 13.5 Å². The molecule has 1 N–H and O–H groups in total. The zero-order valence-electron chi connectivity index (χ0n) is 17.7. The van der Waals surface area contributed by atoms with E-state index in [0.717, 1.165) is 42.9 Å². The minimum atomic E-state index is -0.412. The van der Waals surface area contributed by atoms with E-state index in [1.165, 1.54) is 12.3 Å². The molecule has 0 spiro atoms. The number of anilines is 2. The Labute approximate surface area is 180 Å². The van der Waals surface area contributed by atoms with Gasteiger partial charge in [0, 0.05) is 18.2 Å². The highest BCUT2D eigenvalue weighted by Gasteiger charge is 2.31. The standard InChI is InChI=1S/C24H26F2N4O/c1-14-9-11-31-21-7-5-16(25)12-17(21)20-4-3-10-30(20)22-8-6-19-24(29-22)23(28-15(14)2)18(26)13-27-19/h5-8,12-15,20,28H,3-4,9-11H2,1-2H3/t14?,15-,20-/m1/s1. The van der Waals surface area contributed by atoms with Gasteiger partial charge in [-0.15, -0.1) is 0 Å². The summed E-state index contributed by atoms with van der Waals surface area (Å²) in [6, 6.07) is 8.49. The summed E-state index contributed by atoms with van der Waals surface area (Å²) in [5.41, 5.74) is 2.39. The van der Waals surface area contributed by atoms with Gasteiger partial charge in [-0.25, -0.2) is 13.8 Å². The van der Waals surface area contributed by atoms with Gasteiger partial charge in [0.15, 0.2) is 5.82 Å². The Morgan fingerprint density at radius 3 is 2.87 bits per heavy atom. The molecule has 2 aliphatic rings. The smallest absolute Gasteiger partial charge is 0.166 e. The Balaban J connectivity index is 1.68. The van der Waals surface area contributed by atoms with E-state index in [0.29, 0.717) is 23.3 Å². The van der Waals surface area contributed by atoms with Crippen LogP contribution in [0.2, 0.25) is 0 Å². The number of hydrogen-bond donors (Lipinski definition) is 1. The maximum Gasteiger partial charge on any atom is 0.166 e. The summed E-state index contributed by atoms with van der Waals surface area (Å²) in [6.45, 7) is 5.44. The van der Waals surface area contributed by atoms with Crippen molar-refractivity contribution in [3.8, 4) is 5.75 Å². The van der Waals surface area contributed by atoms with Crippen LogP contribution < -0.4 is 15.0 Å². The third kappa shape index (κ3) is 3.66. The van der Waals surface area contributed by atoms with Gasteiger partial charge in [-0.3, -0.25) is 4.98 Å². The Hall–Kier alpha value is -2.96. The molecule has 5 nitrogen and oxygen atoms in total. The lowest BCUT2D eigenvalue weighted by molar-refractivity contribution is 0.272. The summed E-state index contributed by atoms with van der Waals surface area (Å²) in [5.74, 6) is 0.989. The average Bonchev–Trinajstić information content (AvgIpc) is 3.25. The van der Waals surface area contributed by atoms with Crippen LogP contribution >= 0.6 is 0 Å². The van der Waals surface area contributed by atoms with Crippen LogP contribution in [-0.2, 0) is 0 Å². The monoisotopic (exact) mass is 424 g/mol. The molecule has 2 aromatic heterocycles. The van der Waals surface area contributed by atoms with Gasteiger partial charge in [-0.1, -0.05) is 6.92 Å². The Morgan fingerprint density at radius 2 is 2.00 bits per heavy atom. The molecule has 3 aromatic rings. The minimum absolute atomic E-state index is 0.00400. The highest BCUT2D eigenvalue weighted by Crippen LogP contribution is 2.41. The molecule has 2 aliphatic heterocycles. The van der Waals surface area contributed by atoms with E-state index in [1.54, 1.807) is 12.1 Å². The first-order valence-corrected chi connectivity index (χ1v) is 10.9. The van der Waals surface area contributed by atoms with E-state index >= 15 is 0 Å². The van der Waals surface area contributed by atoms with Gasteiger partial charge in [-0.05, 0) is 62.4 Å². The second-order valence-electron chi connectivity index (χ2n) is 8.60. The van der Waals surface area contributed by atoms with Crippen molar-refractivity contribution in [3.05, 3.63) is 53.7 Å². The van der Waals surface area contributed by atoms with Crippen molar-refractivity contribution in [3.63, 3.8) is 0 Å². The van der Waals surface area contributed by atoms with Crippen molar-refractivity contribution in [1.29, 1.82) is 0 Å². The molecule has 162 valence electrons. The van der Waals surface area contributed by atoms with Crippen LogP contribution in [0, 0.1) is 17.6 Å². The molecule has 3 atom stereocenters. The summed E-state index contributed by atoms with van der Waals surface area (Å²) in [4.78, 5) is 11.2. The van der Waals surface area contributed by atoms with E-state index in [9.17, 15) is 8.78 Å². The second-order valence-corrected chi connectivity index (χ2v) is 8.60. The van der Waals surface area contributed by atoms with Crippen molar-refractivity contribution in [2.75, 3.05) is 23.4 Å². The number of rotatable bonds is 0. The first-order valence-electron chi connectivity index (χ1n) is 10.9. The second kappa shape index (κ2) is 7.94. The highest BCUT2D eigenvalue weighted by molar-refractivity contribution is 5.89. The fourth-order valence-electron chi connectivity index (χ4n) is 4.58. The molecule has 0 amide bonds. The normalized spacial score (nSPS) is 23.6. The largest absolute Gasteiger partial charge is 0.493 e. The molecule has 1 fully saturated rings. The van der Waals surface area contributed by atoms with E-state index in [-0.39, 0.29) is 23.8 Å². The average molecular weight is 424 g/mol. The predicted molar refractivity (Wildman–Crippen MR) is 118 cm³/mol. The maximum absolute atomic E-state index is 14.8. The number of nitrogens with zero attached hydrogens (tertiary/aromatic N) is 3. The van der Waals surface area contributed by atoms with Gasteiger partial charge in [0.05, 0.1) is 24.4 Å². The number of aromatic nitrogens is 2. The molecule has 31 heavy (non-hydrogen) atoms. The fourth-order valence-corrected chi connectivity index (χ4v) is 4.58. The van der Waals surface area contributed by atoms with E-state index in [4.69, 9.17) is 9.72 Å². The Kier molecular flexibility index (Phi) is 5.12. The van der Waals surface area contributed by atoms with E-state index in [1.807, 2.05) is 19.1 Å². The maximum atomic E-state index is 14.8. The number of nitrogens with one attached hydrogen (secondary N) is 1. The van der Waals surface area contributed by atoms with Crippen LogP contribution in [-0.4, -0.2) is 29.2 Å². The fraction of sp³-hybridized carbons (Fsp3) is 0.417. The van der Waals surface area contributed by atoms with Gasteiger partial charge in [0.25, 0.3) is 0 Å². The van der Waals surface area contributed by atoms with Gasteiger partial charge in [0.2, 0.25) is 0 Å². The topological polar surface area (TPSA) is 50.3 Å². The summed E-state index contributed by atoms with van der Waals surface area (Å²) in [7, 11) is 0.